The topological polar surface area (TPSA) is 72.9 Å². The predicted octanol–water partition coefficient (Wildman–Crippen LogP) is 5.53. The monoisotopic (exact) mass is 438 g/mol. The van der Waals surface area contributed by atoms with Crippen LogP contribution in [0, 0.1) is 19.8 Å². The van der Waals surface area contributed by atoms with Gasteiger partial charge in [0, 0.05) is 29.6 Å². The van der Waals surface area contributed by atoms with E-state index in [4.69, 9.17) is 21.1 Å². The first kappa shape index (κ1) is 20.8. The van der Waals surface area contributed by atoms with Gasteiger partial charge in [-0.15, -0.1) is 0 Å². The van der Waals surface area contributed by atoms with Gasteiger partial charge < -0.3 is 14.5 Å². The Morgan fingerprint density at radius 3 is 2.61 bits per heavy atom. The molecule has 3 aromatic heterocycles. The van der Waals surface area contributed by atoms with Crippen LogP contribution in [-0.2, 0) is 6.61 Å². The molecule has 31 heavy (non-hydrogen) atoms. The van der Waals surface area contributed by atoms with E-state index < -0.39 is 5.95 Å². The molecule has 0 aliphatic carbocycles. The van der Waals surface area contributed by atoms with Crippen LogP contribution < -0.4 is 9.47 Å². The molecule has 1 N–H and O–H groups in total. The van der Waals surface area contributed by atoms with Crippen molar-refractivity contribution in [3.63, 3.8) is 0 Å². The van der Waals surface area contributed by atoms with Crippen LogP contribution in [0.25, 0.3) is 22.6 Å². The number of imidazole rings is 1. The van der Waals surface area contributed by atoms with Gasteiger partial charge in [0.15, 0.2) is 0 Å². The molecule has 4 aromatic rings. The maximum Gasteiger partial charge on any atom is 0.212 e. The van der Waals surface area contributed by atoms with Gasteiger partial charge >= 0.3 is 0 Å². The van der Waals surface area contributed by atoms with Crippen molar-refractivity contribution < 1.29 is 13.9 Å². The molecular weight excluding hydrogens is 419 g/mol. The lowest BCUT2D eigenvalue weighted by Gasteiger charge is -2.12. The largest absolute Gasteiger partial charge is 0.496 e. The van der Waals surface area contributed by atoms with E-state index >= 15 is 0 Å². The van der Waals surface area contributed by atoms with Crippen molar-refractivity contribution in [2.24, 2.45) is 0 Å². The van der Waals surface area contributed by atoms with E-state index in [1.54, 1.807) is 19.2 Å². The number of H-pyrrole nitrogens is 1. The number of aromatic amines is 1. The molecule has 0 spiro atoms. The second-order valence-corrected chi connectivity index (χ2v) is 7.42. The number of methoxy groups -OCH3 is 1. The molecule has 0 aliphatic rings. The number of pyridine rings is 2. The third-order valence-electron chi connectivity index (χ3n) is 4.79. The van der Waals surface area contributed by atoms with E-state index in [1.165, 1.54) is 12.3 Å². The van der Waals surface area contributed by atoms with Crippen LogP contribution in [0.15, 0.2) is 48.8 Å². The van der Waals surface area contributed by atoms with Crippen molar-refractivity contribution in [3.8, 4) is 34.1 Å². The van der Waals surface area contributed by atoms with E-state index in [9.17, 15) is 4.39 Å². The van der Waals surface area contributed by atoms with Crippen LogP contribution in [0.1, 0.15) is 16.8 Å². The van der Waals surface area contributed by atoms with E-state index in [1.807, 2.05) is 32.2 Å². The van der Waals surface area contributed by atoms with Crippen molar-refractivity contribution in [3.05, 3.63) is 76.7 Å². The first-order valence-corrected chi connectivity index (χ1v) is 9.93. The number of nitrogens with zero attached hydrogens (tertiary/aromatic N) is 3. The van der Waals surface area contributed by atoms with Gasteiger partial charge in [0.1, 0.15) is 34.8 Å². The Morgan fingerprint density at radius 1 is 1.06 bits per heavy atom. The molecule has 0 unspecified atom stereocenters. The Morgan fingerprint density at radius 2 is 1.90 bits per heavy atom. The van der Waals surface area contributed by atoms with Gasteiger partial charge in [-0.1, -0.05) is 17.7 Å². The summed E-state index contributed by atoms with van der Waals surface area (Å²) in [6, 6.07) is 10.4. The fraction of sp³-hybridized carbons (Fsp3) is 0.174. The molecule has 158 valence electrons. The minimum Gasteiger partial charge on any atom is -0.496 e. The van der Waals surface area contributed by atoms with Gasteiger partial charge in [0.2, 0.25) is 5.95 Å². The summed E-state index contributed by atoms with van der Waals surface area (Å²) in [6.45, 7) is 4.36. The highest BCUT2D eigenvalue weighted by Gasteiger charge is 2.17. The van der Waals surface area contributed by atoms with Crippen molar-refractivity contribution >= 4 is 11.6 Å². The maximum atomic E-state index is 13.1. The Bertz CT molecular complexity index is 1220. The Hall–Kier alpha value is -3.45. The second-order valence-electron chi connectivity index (χ2n) is 7.04. The Balaban J connectivity index is 1.59. The number of hydrogen-bond donors (Lipinski definition) is 1. The highest BCUT2D eigenvalue weighted by molar-refractivity contribution is 6.32. The highest BCUT2D eigenvalue weighted by Crippen LogP contribution is 2.37. The minimum atomic E-state index is -0.560. The highest BCUT2D eigenvalue weighted by atomic mass is 35.5. The number of rotatable bonds is 6. The molecule has 0 saturated heterocycles. The third-order valence-corrected chi connectivity index (χ3v) is 5.06. The number of ether oxygens (including phenoxy) is 2. The van der Waals surface area contributed by atoms with Gasteiger partial charge in [-0.3, -0.25) is 4.98 Å². The smallest absolute Gasteiger partial charge is 0.212 e. The molecule has 0 bridgehead atoms. The number of benzene rings is 1. The molecule has 8 heteroatoms. The molecular formula is C23H20ClFN4O2. The molecule has 6 nitrogen and oxygen atoms in total. The molecule has 4 rings (SSSR count). The molecule has 0 aliphatic heterocycles. The lowest BCUT2D eigenvalue weighted by molar-refractivity contribution is 0.298. The molecule has 0 radical (unpaired) electrons. The summed E-state index contributed by atoms with van der Waals surface area (Å²) in [6.07, 6.45) is 3.21. The summed E-state index contributed by atoms with van der Waals surface area (Å²) >= 11 is 6.39. The average Bonchev–Trinajstić information content (AvgIpc) is 3.14. The summed E-state index contributed by atoms with van der Waals surface area (Å²) in [5.41, 5.74) is 4.90. The minimum absolute atomic E-state index is 0.339. The molecule has 0 saturated carbocycles. The SMILES string of the molecule is COc1cc(OCc2ncc(C)cc2C)ccc1-c1nc(-c2ccc(F)nc2)[nH]c1Cl. The zero-order valence-electron chi connectivity index (χ0n) is 17.2. The fourth-order valence-electron chi connectivity index (χ4n) is 3.19. The summed E-state index contributed by atoms with van der Waals surface area (Å²) < 4.78 is 24.6. The van der Waals surface area contributed by atoms with Crippen molar-refractivity contribution in [1.29, 1.82) is 0 Å². The molecule has 0 fully saturated rings. The van der Waals surface area contributed by atoms with Gasteiger partial charge in [0.05, 0.1) is 12.8 Å². The molecule has 3 heterocycles. The summed E-state index contributed by atoms with van der Waals surface area (Å²) in [7, 11) is 1.57. The second kappa shape index (κ2) is 8.73. The zero-order chi connectivity index (χ0) is 22.0. The lowest BCUT2D eigenvalue weighted by Crippen LogP contribution is -2.01. The first-order valence-electron chi connectivity index (χ1n) is 9.55. The van der Waals surface area contributed by atoms with Crippen LogP contribution >= 0.6 is 11.6 Å². The molecule has 1 aromatic carbocycles. The van der Waals surface area contributed by atoms with Crippen LogP contribution in [0.2, 0.25) is 5.15 Å². The summed E-state index contributed by atoms with van der Waals surface area (Å²) in [4.78, 5) is 15.6. The number of aromatic nitrogens is 4. The van der Waals surface area contributed by atoms with Gasteiger partial charge in [-0.05, 0) is 49.2 Å². The van der Waals surface area contributed by atoms with E-state index in [-0.39, 0.29) is 0 Å². The number of hydrogen-bond acceptors (Lipinski definition) is 5. The number of aryl methyl sites for hydroxylation is 2. The number of nitrogens with one attached hydrogen (secondary N) is 1. The third kappa shape index (κ3) is 4.51. The predicted molar refractivity (Wildman–Crippen MR) is 117 cm³/mol. The van der Waals surface area contributed by atoms with Crippen molar-refractivity contribution in [2.75, 3.05) is 7.11 Å². The van der Waals surface area contributed by atoms with Gasteiger partial charge in [-0.25, -0.2) is 9.97 Å². The standard InChI is InChI=1S/C23H20ClFN4O2/c1-13-8-14(2)18(26-10-13)12-31-16-5-6-17(19(9-16)30-3)21-22(24)29-23(28-21)15-4-7-20(25)27-11-15/h4-11H,12H2,1-3H3,(H,28,29). The van der Waals surface area contributed by atoms with Gasteiger partial charge in [-0.2, -0.15) is 4.39 Å². The van der Waals surface area contributed by atoms with Crippen LogP contribution in [-0.4, -0.2) is 27.0 Å². The van der Waals surface area contributed by atoms with E-state index in [0.717, 1.165) is 16.8 Å². The fourth-order valence-corrected chi connectivity index (χ4v) is 3.42. The van der Waals surface area contributed by atoms with E-state index in [2.05, 4.69) is 26.0 Å². The Kier molecular flexibility index (Phi) is 5.86. The van der Waals surface area contributed by atoms with Crippen molar-refractivity contribution in [2.45, 2.75) is 20.5 Å². The quantitative estimate of drug-likeness (QED) is 0.400. The van der Waals surface area contributed by atoms with Crippen LogP contribution in [0.4, 0.5) is 4.39 Å². The normalized spacial score (nSPS) is 10.9. The van der Waals surface area contributed by atoms with Crippen molar-refractivity contribution in [1.82, 2.24) is 19.9 Å². The molecule has 0 atom stereocenters. The average molecular weight is 439 g/mol. The lowest BCUT2D eigenvalue weighted by atomic mass is 10.1. The van der Waals surface area contributed by atoms with Crippen LogP contribution in [0.3, 0.4) is 0 Å². The Labute approximate surface area is 184 Å². The van der Waals surface area contributed by atoms with Crippen LogP contribution in [0.5, 0.6) is 11.5 Å². The number of halogens is 2. The first-order chi connectivity index (χ1) is 14.9. The maximum absolute atomic E-state index is 13.1. The van der Waals surface area contributed by atoms with E-state index in [0.29, 0.717) is 45.9 Å². The van der Waals surface area contributed by atoms with Gasteiger partial charge in [0.25, 0.3) is 0 Å². The zero-order valence-corrected chi connectivity index (χ0v) is 18.0. The summed E-state index contributed by atoms with van der Waals surface area (Å²) in [5, 5.41) is 0.339. The molecule has 0 amide bonds. The summed E-state index contributed by atoms with van der Waals surface area (Å²) in [5.74, 6) is 1.12.